The fraction of sp³-hybridized carbons (Fsp3) is 0.625. The Labute approximate surface area is 130 Å². The van der Waals surface area contributed by atoms with E-state index in [0.717, 1.165) is 24.1 Å². The van der Waals surface area contributed by atoms with Gasteiger partial charge in [0, 0.05) is 24.6 Å². The molecule has 2 fully saturated rings. The molecule has 0 aliphatic carbocycles. The first-order valence-electron chi connectivity index (χ1n) is 7.96. The number of aliphatic hydroxyl groups is 1. The van der Waals surface area contributed by atoms with Gasteiger partial charge in [-0.3, -0.25) is 19.3 Å². The van der Waals surface area contributed by atoms with Crippen LogP contribution < -0.4 is 0 Å². The molecule has 0 aromatic heterocycles. The van der Waals surface area contributed by atoms with Crippen LogP contribution in [0.1, 0.15) is 38.2 Å². The summed E-state index contributed by atoms with van der Waals surface area (Å²) < 4.78 is 6.94. The molecule has 1 aromatic rings. The van der Waals surface area contributed by atoms with Gasteiger partial charge in [-0.15, -0.1) is 0 Å². The zero-order valence-electron chi connectivity index (χ0n) is 12.9. The predicted molar refractivity (Wildman–Crippen MR) is 80.9 cm³/mol. The van der Waals surface area contributed by atoms with Gasteiger partial charge in [-0.2, -0.15) is 0 Å². The van der Waals surface area contributed by atoms with Crippen molar-refractivity contribution in [2.24, 2.45) is 0 Å². The number of ether oxygens (including phenoxy) is 1. The third-order valence-electron chi connectivity index (χ3n) is 5.27. The third-order valence-corrected chi connectivity index (χ3v) is 5.27. The number of nitro groups is 1. The van der Waals surface area contributed by atoms with Crippen molar-refractivity contribution in [3.05, 3.63) is 39.9 Å². The molecule has 2 heterocycles. The Morgan fingerprint density at radius 2 is 1.86 bits per heavy atom. The molecule has 6 heteroatoms. The van der Waals surface area contributed by atoms with E-state index in [2.05, 4.69) is 0 Å². The molecule has 1 aromatic carbocycles. The van der Waals surface area contributed by atoms with Gasteiger partial charge < -0.3 is 5.11 Å². The Bertz CT molecular complexity index is 554. The number of nitrogens with zero attached hydrogens (tertiary/aromatic N) is 2. The van der Waals surface area contributed by atoms with Gasteiger partial charge in [0.15, 0.2) is 6.23 Å². The largest absolute Gasteiger partial charge is 0.361 e. The van der Waals surface area contributed by atoms with Gasteiger partial charge in [-0.1, -0.05) is 0 Å². The van der Waals surface area contributed by atoms with Crippen LogP contribution in [0.2, 0.25) is 0 Å². The zero-order valence-corrected chi connectivity index (χ0v) is 12.9. The van der Waals surface area contributed by atoms with Crippen LogP contribution in [0.15, 0.2) is 24.3 Å². The summed E-state index contributed by atoms with van der Waals surface area (Å²) in [4.78, 5) is 10.3. The summed E-state index contributed by atoms with van der Waals surface area (Å²) >= 11 is 0. The summed E-state index contributed by atoms with van der Waals surface area (Å²) in [6, 6.07) is 6.02. The first-order valence-corrected chi connectivity index (χ1v) is 7.96. The smallest absolute Gasteiger partial charge is 0.269 e. The van der Waals surface area contributed by atoms with Gasteiger partial charge in [0.05, 0.1) is 31.0 Å². The van der Waals surface area contributed by atoms with Crippen molar-refractivity contribution in [2.45, 2.75) is 44.6 Å². The van der Waals surface area contributed by atoms with Gasteiger partial charge in [-0.25, -0.2) is 0 Å². The van der Waals surface area contributed by atoms with E-state index < -0.39 is 10.7 Å². The molecule has 2 aliphatic heterocycles. The average Bonchev–Trinajstić information content (AvgIpc) is 2.53. The highest BCUT2D eigenvalue weighted by molar-refractivity contribution is 5.34. The molecule has 2 saturated heterocycles. The highest BCUT2D eigenvalue weighted by Gasteiger charge is 2.48. The lowest BCUT2D eigenvalue weighted by Gasteiger charge is -2.52. The second-order valence-electron chi connectivity index (χ2n) is 6.51. The number of non-ortho nitro benzene ring substituents is 1. The molecule has 3 rings (SSSR count). The molecule has 1 spiro atoms. The number of hydrogen-bond donors (Lipinski definition) is 1. The zero-order chi connectivity index (χ0) is 15.8. The lowest BCUT2D eigenvalue weighted by Crippen LogP contribution is -2.64. The minimum Gasteiger partial charge on any atom is -0.361 e. The molecule has 2 atom stereocenters. The van der Waals surface area contributed by atoms with Gasteiger partial charge in [0.25, 0.3) is 5.69 Å². The molecule has 0 saturated carbocycles. The summed E-state index contributed by atoms with van der Waals surface area (Å²) in [5, 5.41) is 21.6. The van der Waals surface area contributed by atoms with Crippen molar-refractivity contribution in [1.29, 1.82) is 0 Å². The second-order valence-corrected chi connectivity index (χ2v) is 6.51. The van der Waals surface area contributed by atoms with Crippen LogP contribution in [-0.4, -0.2) is 40.4 Å². The maximum atomic E-state index is 10.9. The Kier molecular flexibility index (Phi) is 3.92. The Hall–Kier alpha value is -1.50. The van der Waals surface area contributed by atoms with Crippen LogP contribution in [0.5, 0.6) is 0 Å². The molecule has 120 valence electrons. The summed E-state index contributed by atoms with van der Waals surface area (Å²) in [5.74, 6) is -1.34. The SMILES string of the molecule is CC1O[C@@](O)(c2ccc([N+](=O)[O-])cc2)CC[N+]12CCCCC2. The summed E-state index contributed by atoms with van der Waals surface area (Å²) in [6.45, 7) is 5.13. The molecule has 1 unspecified atom stereocenters. The van der Waals surface area contributed by atoms with Crippen LogP contribution in [0.3, 0.4) is 0 Å². The molecular formula is C16H23N2O4+. The van der Waals surface area contributed by atoms with E-state index in [9.17, 15) is 15.2 Å². The quantitative estimate of drug-likeness (QED) is 0.517. The average molecular weight is 307 g/mol. The first kappa shape index (κ1) is 15.4. The topological polar surface area (TPSA) is 72.6 Å². The van der Waals surface area contributed by atoms with Crippen LogP contribution in [-0.2, 0) is 10.5 Å². The highest BCUT2D eigenvalue weighted by atomic mass is 16.6. The van der Waals surface area contributed by atoms with Crippen molar-refractivity contribution >= 4 is 5.69 Å². The van der Waals surface area contributed by atoms with E-state index >= 15 is 0 Å². The number of nitro benzene ring substituents is 1. The molecule has 0 amide bonds. The normalized spacial score (nSPS) is 31.1. The minimum atomic E-state index is -1.34. The van der Waals surface area contributed by atoms with E-state index in [1.54, 1.807) is 12.1 Å². The molecule has 2 aliphatic rings. The predicted octanol–water partition coefficient (Wildman–Crippen LogP) is 2.51. The van der Waals surface area contributed by atoms with Crippen molar-refractivity contribution in [3.8, 4) is 0 Å². The Balaban J connectivity index is 1.78. The lowest BCUT2D eigenvalue weighted by atomic mass is 9.96. The van der Waals surface area contributed by atoms with E-state index in [-0.39, 0.29) is 11.9 Å². The molecular weight excluding hydrogens is 284 g/mol. The fourth-order valence-corrected chi connectivity index (χ4v) is 3.79. The maximum absolute atomic E-state index is 10.9. The molecule has 6 nitrogen and oxygen atoms in total. The Morgan fingerprint density at radius 3 is 2.41 bits per heavy atom. The van der Waals surface area contributed by atoms with Gasteiger partial charge >= 0.3 is 0 Å². The van der Waals surface area contributed by atoms with Gasteiger partial charge in [0.2, 0.25) is 5.79 Å². The van der Waals surface area contributed by atoms with E-state index in [1.807, 2.05) is 6.92 Å². The van der Waals surface area contributed by atoms with Gasteiger partial charge in [0.1, 0.15) is 0 Å². The molecule has 0 radical (unpaired) electrons. The van der Waals surface area contributed by atoms with E-state index in [0.29, 0.717) is 12.0 Å². The maximum Gasteiger partial charge on any atom is 0.269 e. The molecule has 0 bridgehead atoms. The monoisotopic (exact) mass is 307 g/mol. The number of hydrogen-bond acceptors (Lipinski definition) is 4. The van der Waals surface area contributed by atoms with Gasteiger partial charge in [-0.05, 0) is 31.4 Å². The van der Waals surface area contributed by atoms with Crippen molar-refractivity contribution < 1.29 is 19.2 Å². The second kappa shape index (κ2) is 5.61. The minimum absolute atomic E-state index is 0.0238. The highest BCUT2D eigenvalue weighted by Crippen LogP contribution is 2.39. The standard InChI is InChI=1S/C16H23N2O4/c1-13-18(10-3-2-4-11-18)12-9-16(19,22-13)14-5-7-15(8-6-14)17(20)21/h5-8,13,19H,2-4,9-12H2,1H3/q+1/t13?,16-/m1/s1. The van der Waals surface area contributed by atoms with E-state index in [1.165, 1.54) is 31.4 Å². The van der Waals surface area contributed by atoms with Crippen molar-refractivity contribution in [2.75, 3.05) is 19.6 Å². The number of benzene rings is 1. The fourth-order valence-electron chi connectivity index (χ4n) is 3.79. The first-order chi connectivity index (χ1) is 10.5. The summed E-state index contributed by atoms with van der Waals surface area (Å²) in [6.07, 6.45) is 4.16. The van der Waals surface area contributed by atoms with Crippen molar-refractivity contribution in [3.63, 3.8) is 0 Å². The van der Waals surface area contributed by atoms with E-state index in [4.69, 9.17) is 4.74 Å². The summed E-state index contributed by atoms with van der Waals surface area (Å²) in [7, 11) is 0. The molecule has 22 heavy (non-hydrogen) atoms. The van der Waals surface area contributed by atoms with Crippen LogP contribution in [0, 0.1) is 10.1 Å². The van der Waals surface area contributed by atoms with Crippen molar-refractivity contribution in [1.82, 2.24) is 0 Å². The summed E-state index contributed by atoms with van der Waals surface area (Å²) in [5.41, 5.74) is 0.621. The molecule has 1 N–H and O–H groups in total. The third kappa shape index (κ3) is 2.62. The van der Waals surface area contributed by atoms with Crippen LogP contribution >= 0.6 is 0 Å². The number of quaternary nitrogens is 1. The van der Waals surface area contributed by atoms with Crippen LogP contribution in [0.25, 0.3) is 0 Å². The number of piperidine rings is 1. The Morgan fingerprint density at radius 1 is 1.23 bits per heavy atom. The number of rotatable bonds is 2. The van der Waals surface area contributed by atoms with Crippen LogP contribution in [0.4, 0.5) is 5.69 Å². The lowest BCUT2D eigenvalue weighted by molar-refractivity contribution is -0.987.